The number of aryl methyl sites for hydroxylation is 2. The Balaban J connectivity index is 2.00. The van der Waals surface area contributed by atoms with E-state index in [0.717, 1.165) is 11.3 Å². The van der Waals surface area contributed by atoms with E-state index >= 15 is 0 Å². The van der Waals surface area contributed by atoms with Crippen LogP contribution in [0.4, 0.5) is 0 Å². The number of hydrogen-bond donors (Lipinski definition) is 1. The first-order valence-electron chi connectivity index (χ1n) is 7.66. The van der Waals surface area contributed by atoms with E-state index in [0.29, 0.717) is 18.7 Å². The molecule has 0 bridgehead atoms. The topological polar surface area (TPSA) is 49.8 Å². The van der Waals surface area contributed by atoms with Crippen molar-refractivity contribution in [2.24, 2.45) is 0 Å². The van der Waals surface area contributed by atoms with Gasteiger partial charge in [0.2, 0.25) is 0 Å². The van der Waals surface area contributed by atoms with Gasteiger partial charge in [-0.05, 0) is 49.2 Å². The van der Waals surface area contributed by atoms with E-state index in [9.17, 15) is 4.79 Å². The molecule has 122 valence electrons. The van der Waals surface area contributed by atoms with Gasteiger partial charge in [0.05, 0.1) is 6.61 Å². The number of aliphatic hydroxyl groups is 1. The Morgan fingerprint density at radius 1 is 1.13 bits per heavy atom. The second kappa shape index (κ2) is 7.79. The first-order chi connectivity index (χ1) is 11.0. The smallest absolute Gasteiger partial charge is 0.253 e. The molecule has 0 aromatic heterocycles. The molecule has 1 amide bonds. The lowest BCUT2D eigenvalue weighted by Crippen LogP contribution is -2.29. The highest BCUT2D eigenvalue weighted by Gasteiger charge is 2.11. The number of benzene rings is 2. The lowest BCUT2D eigenvalue weighted by Gasteiger charge is -2.16. The third-order valence-corrected chi connectivity index (χ3v) is 3.78. The number of carbonyl (C=O) groups excluding carboxylic acids is 1. The van der Waals surface area contributed by atoms with Gasteiger partial charge in [-0.2, -0.15) is 0 Å². The van der Waals surface area contributed by atoms with Crippen molar-refractivity contribution in [3.05, 3.63) is 64.7 Å². The molecule has 0 heterocycles. The number of amides is 1. The SMILES string of the molecule is Cc1ccc(C)c(COc2ccc(C(=O)N(C)CCO)cc2)c1. The summed E-state index contributed by atoms with van der Waals surface area (Å²) in [7, 11) is 1.67. The van der Waals surface area contributed by atoms with Crippen molar-refractivity contribution in [1.29, 1.82) is 0 Å². The molecule has 0 saturated carbocycles. The summed E-state index contributed by atoms with van der Waals surface area (Å²) in [5.74, 6) is 0.618. The average molecular weight is 313 g/mol. The van der Waals surface area contributed by atoms with Gasteiger partial charge < -0.3 is 14.7 Å². The van der Waals surface area contributed by atoms with Crippen molar-refractivity contribution in [2.75, 3.05) is 20.2 Å². The Morgan fingerprint density at radius 3 is 2.48 bits per heavy atom. The number of hydrogen-bond acceptors (Lipinski definition) is 3. The summed E-state index contributed by atoms with van der Waals surface area (Å²) in [6.45, 7) is 4.91. The van der Waals surface area contributed by atoms with E-state index in [1.165, 1.54) is 16.0 Å². The number of ether oxygens (including phenoxy) is 1. The summed E-state index contributed by atoms with van der Waals surface area (Å²) >= 11 is 0. The van der Waals surface area contributed by atoms with Crippen molar-refractivity contribution in [3.8, 4) is 5.75 Å². The maximum Gasteiger partial charge on any atom is 0.253 e. The molecule has 0 aliphatic rings. The monoisotopic (exact) mass is 313 g/mol. The molecule has 4 heteroatoms. The summed E-state index contributed by atoms with van der Waals surface area (Å²) in [5.41, 5.74) is 4.16. The van der Waals surface area contributed by atoms with Crippen LogP contribution in [-0.2, 0) is 6.61 Å². The molecule has 0 aliphatic carbocycles. The van der Waals surface area contributed by atoms with Crippen molar-refractivity contribution in [1.82, 2.24) is 4.90 Å². The fourth-order valence-electron chi connectivity index (χ4n) is 2.28. The normalized spacial score (nSPS) is 10.4. The van der Waals surface area contributed by atoms with Gasteiger partial charge in [0.25, 0.3) is 5.91 Å². The highest BCUT2D eigenvalue weighted by atomic mass is 16.5. The van der Waals surface area contributed by atoms with E-state index in [1.54, 1.807) is 31.3 Å². The molecule has 2 aromatic rings. The molecule has 0 atom stereocenters. The van der Waals surface area contributed by atoms with Crippen LogP contribution in [0.1, 0.15) is 27.0 Å². The van der Waals surface area contributed by atoms with Gasteiger partial charge in [-0.15, -0.1) is 0 Å². The van der Waals surface area contributed by atoms with E-state index in [2.05, 4.69) is 32.0 Å². The number of aliphatic hydroxyl groups excluding tert-OH is 1. The van der Waals surface area contributed by atoms with Crippen LogP contribution >= 0.6 is 0 Å². The Hall–Kier alpha value is -2.33. The van der Waals surface area contributed by atoms with Gasteiger partial charge in [-0.25, -0.2) is 0 Å². The van der Waals surface area contributed by atoms with E-state index < -0.39 is 0 Å². The summed E-state index contributed by atoms with van der Waals surface area (Å²) in [6.07, 6.45) is 0. The standard InChI is InChI=1S/C19H23NO3/c1-14-4-5-15(2)17(12-14)13-23-18-8-6-16(7-9-18)19(22)20(3)10-11-21/h4-9,12,21H,10-11,13H2,1-3H3. The Bertz CT molecular complexity index is 665. The predicted molar refractivity (Wildman–Crippen MR) is 90.7 cm³/mol. The molecule has 23 heavy (non-hydrogen) atoms. The lowest BCUT2D eigenvalue weighted by atomic mass is 10.1. The van der Waals surface area contributed by atoms with Crippen LogP contribution in [0.5, 0.6) is 5.75 Å². The van der Waals surface area contributed by atoms with Crippen LogP contribution in [-0.4, -0.2) is 36.1 Å². The zero-order valence-corrected chi connectivity index (χ0v) is 13.9. The van der Waals surface area contributed by atoms with E-state index in [4.69, 9.17) is 9.84 Å². The van der Waals surface area contributed by atoms with Crippen molar-refractivity contribution in [3.63, 3.8) is 0 Å². The first-order valence-corrected chi connectivity index (χ1v) is 7.66. The van der Waals surface area contributed by atoms with Crippen LogP contribution in [0.3, 0.4) is 0 Å². The predicted octanol–water partition coefficient (Wildman–Crippen LogP) is 2.95. The fourth-order valence-corrected chi connectivity index (χ4v) is 2.28. The minimum Gasteiger partial charge on any atom is -0.489 e. The average Bonchev–Trinajstić information content (AvgIpc) is 2.55. The second-order valence-corrected chi connectivity index (χ2v) is 5.69. The van der Waals surface area contributed by atoms with Gasteiger partial charge in [0.1, 0.15) is 12.4 Å². The van der Waals surface area contributed by atoms with Crippen LogP contribution in [0.25, 0.3) is 0 Å². The van der Waals surface area contributed by atoms with Crippen LogP contribution in [0.15, 0.2) is 42.5 Å². The molecule has 2 rings (SSSR count). The lowest BCUT2D eigenvalue weighted by molar-refractivity contribution is 0.0767. The third-order valence-electron chi connectivity index (χ3n) is 3.78. The van der Waals surface area contributed by atoms with Crippen molar-refractivity contribution >= 4 is 5.91 Å². The largest absolute Gasteiger partial charge is 0.489 e. The van der Waals surface area contributed by atoms with Crippen LogP contribution in [0.2, 0.25) is 0 Å². The van der Waals surface area contributed by atoms with Gasteiger partial charge >= 0.3 is 0 Å². The Kier molecular flexibility index (Phi) is 5.77. The summed E-state index contributed by atoms with van der Waals surface area (Å²) in [5, 5.41) is 8.88. The van der Waals surface area contributed by atoms with E-state index in [-0.39, 0.29) is 12.5 Å². The molecular formula is C19H23NO3. The summed E-state index contributed by atoms with van der Waals surface area (Å²) < 4.78 is 5.81. The Morgan fingerprint density at radius 2 is 1.83 bits per heavy atom. The zero-order chi connectivity index (χ0) is 16.8. The van der Waals surface area contributed by atoms with Gasteiger partial charge in [0.15, 0.2) is 0 Å². The van der Waals surface area contributed by atoms with Crippen molar-refractivity contribution < 1.29 is 14.6 Å². The van der Waals surface area contributed by atoms with Gasteiger partial charge in [-0.3, -0.25) is 4.79 Å². The molecule has 0 saturated heterocycles. The number of rotatable bonds is 6. The summed E-state index contributed by atoms with van der Waals surface area (Å²) in [4.78, 5) is 13.6. The molecule has 0 unspecified atom stereocenters. The molecule has 0 radical (unpaired) electrons. The van der Waals surface area contributed by atoms with E-state index in [1.807, 2.05) is 0 Å². The highest BCUT2D eigenvalue weighted by Crippen LogP contribution is 2.17. The molecule has 1 N–H and O–H groups in total. The third kappa shape index (κ3) is 4.57. The second-order valence-electron chi connectivity index (χ2n) is 5.69. The minimum atomic E-state index is -0.111. The number of likely N-dealkylation sites (N-methyl/N-ethyl adjacent to an activating group) is 1. The van der Waals surface area contributed by atoms with Crippen molar-refractivity contribution in [2.45, 2.75) is 20.5 Å². The summed E-state index contributed by atoms with van der Waals surface area (Å²) in [6, 6.07) is 13.4. The highest BCUT2D eigenvalue weighted by molar-refractivity contribution is 5.94. The fraction of sp³-hybridized carbons (Fsp3) is 0.316. The maximum absolute atomic E-state index is 12.1. The molecule has 4 nitrogen and oxygen atoms in total. The maximum atomic E-state index is 12.1. The molecule has 0 fully saturated rings. The Labute approximate surface area is 137 Å². The first kappa shape index (κ1) is 17.0. The van der Waals surface area contributed by atoms with Gasteiger partial charge in [0, 0.05) is 19.2 Å². The zero-order valence-electron chi connectivity index (χ0n) is 13.9. The van der Waals surface area contributed by atoms with Crippen LogP contribution < -0.4 is 4.74 Å². The molecular weight excluding hydrogens is 290 g/mol. The molecule has 0 aliphatic heterocycles. The van der Waals surface area contributed by atoms with Crippen LogP contribution in [0, 0.1) is 13.8 Å². The quantitative estimate of drug-likeness (QED) is 0.892. The number of carbonyl (C=O) groups is 1. The molecule has 2 aromatic carbocycles. The minimum absolute atomic E-state index is 0.0424. The van der Waals surface area contributed by atoms with Gasteiger partial charge in [-0.1, -0.05) is 23.8 Å². The number of nitrogens with zero attached hydrogens (tertiary/aromatic N) is 1. The molecule has 0 spiro atoms.